The monoisotopic (exact) mass is 360 g/mol. The van der Waals surface area contributed by atoms with Crippen LogP contribution in [0.2, 0.25) is 0 Å². The van der Waals surface area contributed by atoms with Gasteiger partial charge in [0.15, 0.2) is 0 Å². The topological polar surface area (TPSA) is 80.9 Å². The number of hydrogen-bond acceptors (Lipinski definition) is 5. The molecule has 0 aliphatic heterocycles. The number of hydrogen-bond donors (Lipinski definition) is 2. The van der Waals surface area contributed by atoms with Crippen molar-refractivity contribution >= 4 is 28.7 Å². The molecule has 0 aliphatic rings. The highest BCUT2D eigenvalue weighted by atomic mass is 32.1. The first-order valence-corrected chi connectivity index (χ1v) is 8.12. The molecule has 0 saturated carbocycles. The number of thiazole rings is 1. The minimum absolute atomic E-state index is 0.00833. The van der Waals surface area contributed by atoms with Crippen molar-refractivity contribution in [2.24, 2.45) is 0 Å². The van der Waals surface area contributed by atoms with Gasteiger partial charge in [0.2, 0.25) is 0 Å². The zero-order valence-electron chi connectivity index (χ0n) is 13.4. The van der Waals surface area contributed by atoms with Crippen molar-refractivity contribution in [3.8, 4) is 10.6 Å². The van der Waals surface area contributed by atoms with Crippen molar-refractivity contribution in [2.75, 3.05) is 11.1 Å². The first-order chi connectivity index (χ1) is 11.8. The molecule has 0 bridgehead atoms. The van der Waals surface area contributed by atoms with Crippen LogP contribution in [0.4, 0.5) is 20.3 Å². The van der Waals surface area contributed by atoms with Gasteiger partial charge < -0.3 is 11.1 Å². The number of carbonyl (C=O) groups is 1. The largest absolute Gasteiger partial charge is 0.382 e. The van der Waals surface area contributed by atoms with E-state index in [1.54, 1.807) is 13.0 Å². The van der Waals surface area contributed by atoms with Gasteiger partial charge in [0.05, 0.1) is 11.9 Å². The Bertz CT molecular complexity index is 971. The summed E-state index contributed by atoms with van der Waals surface area (Å²) in [7, 11) is 0. The number of aromatic nitrogens is 2. The van der Waals surface area contributed by atoms with Crippen LogP contribution in [0.5, 0.6) is 0 Å². The average molecular weight is 360 g/mol. The lowest BCUT2D eigenvalue weighted by Gasteiger charge is -2.08. The van der Waals surface area contributed by atoms with Crippen LogP contribution in [0.3, 0.4) is 0 Å². The average Bonchev–Trinajstić information content (AvgIpc) is 2.94. The number of nitrogens with zero attached hydrogens (tertiary/aromatic N) is 2. The van der Waals surface area contributed by atoms with E-state index < -0.39 is 17.5 Å². The molecule has 8 heteroatoms. The molecule has 3 rings (SSSR count). The van der Waals surface area contributed by atoms with Gasteiger partial charge in [-0.05, 0) is 43.2 Å². The number of aryl methyl sites for hydroxylation is 2. The van der Waals surface area contributed by atoms with Crippen LogP contribution in [0, 0.1) is 25.5 Å². The molecule has 3 N–H and O–H groups in total. The molecular weight excluding hydrogens is 346 g/mol. The fourth-order valence-corrected chi connectivity index (χ4v) is 3.06. The van der Waals surface area contributed by atoms with Crippen LogP contribution >= 0.6 is 11.3 Å². The summed E-state index contributed by atoms with van der Waals surface area (Å²) in [5.74, 6) is -1.64. The Morgan fingerprint density at radius 3 is 2.60 bits per heavy atom. The third-order valence-electron chi connectivity index (χ3n) is 3.64. The lowest BCUT2D eigenvalue weighted by molar-refractivity contribution is 0.103. The summed E-state index contributed by atoms with van der Waals surface area (Å²) < 4.78 is 27.3. The lowest BCUT2D eigenvalue weighted by atomic mass is 10.1. The molecule has 0 radical (unpaired) electrons. The third kappa shape index (κ3) is 3.48. The van der Waals surface area contributed by atoms with Crippen LogP contribution < -0.4 is 11.1 Å². The number of rotatable bonds is 3. The summed E-state index contributed by atoms with van der Waals surface area (Å²) in [4.78, 5) is 20.4. The van der Waals surface area contributed by atoms with E-state index >= 15 is 0 Å². The molecule has 2 heterocycles. The van der Waals surface area contributed by atoms with Crippen LogP contribution in [-0.4, -0.2) is 15.9 Å². The van der Waals surface area contributed by atoms with E-state index in [1.807, 2.05) is 6.92 Å². The Morgan fingerprint density at radius 1 is 1.16 bits per heavy atom. The summed E-state index contributed by atoms with van der Waals surface area (Å²) in [6.07, 6.45) is 2.49. The normalized spacial score (nSPS) is 10.7. The molecule has 0 atom stereocenters. The van der Waals surface area contributed by atoms with Crippen LogP contribution in [-0.2, 0) is 0 Å². The first-order valence-electron chi connectivity index (χ1n) is 7.30. The van der Waals surface area contributed by atoms with Gasteiger partial charge in [0.1, 0.15) is 27.3 Å². The second kappa shape index (κ2) is 6.56. The number of amides is 1. The van der Waals surface area contributed by atoms with Gasteiger partial charge in [-0.1, -0.05) is 0 Å². The number of anilines is 2. The molecule has 0 aliphatic carbocycles. The van der Waals surface area contributed by atoms with E-state index in [0.29, 0.717) is 10.6 Å². The maximum absolute atomic E-state index is 14.0. The van der Waals surface area contributed by atoms with E-state index in [9.17, 15) is 13.6 Å². The molecule has 3 aromatic rings. The molecule has 0 unspecified atom stereocenters. The summed E-state index contributed by atoms with van der Waals surface area (Å²) in [5, 5.41) is 2.86. The Labute approximate surface area is 146 Å². The summed E-state index contributed by atoms with van der Waals surface area (Å²) in [5.41, 5.74) is 7.90. The second-order valence-electron chi connectivity index (χ2n) is 5.50. The van der Waals surface area contributed by atoms with E-state index in [2.05, 4.69) is 15.3 Å². The maximum Gasteiger partial charge on any atom is 0.269 e. The van der Waals surface area contributed by atoms with Gasteiger partial charge >= 0.3 is 0 Å². The van der Waals surface area contributed by atoms with Crippen molar-refractivity contribution in [3.63, 3.8) is 0 Å². The standard InChI is InChI=1S/C17H14F2N4OS/c1-8-3-12(19)13(4-9(8)2)22-16(24)14-15(20)23-17(25-14)10-5-11(18)7-21-6-10/h3-7H,20H2,1-2H3,(H,22,24). The summed E-state index contributed by atoms with van der Waals surface area (Å²) >= 11 is 0.985. The van der Waals surface area contributed by atoms with E-state index in [-0.39, 0.29) is 16.4 Å². The van der Waals surface area contributed by atoms with Crippen molar-refractivity contribution in [2.45, 2.75) is 13.8 Å². The molecule has 5 nitrogen and oxygen atoms in total. The van der Waals surface area contributed by atoms with Crippen molar-refractivity contribution in [1.82, 2.24) is 9.97 Å². The van der Waals surface area contributed by atoms with Gasteiger partial charge in [-0.25, -0.2) is 13.8 Å². The first kappa shape index (κ1) is 17.0. The number of halogens is 2. The Hall–Kier alpha value is -2.87. The Balaban J connectivity index is 1.90. The van der Waals surface area contributed by atoms with E-state index in [0.717, 1.165) is 28.7 Å². The smallest absolute Gasteiger partial charge is 0.269 e. The summed E-state index contributed by atoms with van der Waals surface area (Å²) in [6.45, 7) is 3.60. The number of carbonyl (C=O) groups excluding carboxylic acids is 1. The Kier molecular flexibility index (Phi) is 4.45. The van der Waals surface area contributed by atoms with Gasteiger partial charge in [-0.3, -0.25) is 9.78 Å². The van der Waals surface area contributed by atoms with Gasteiger partial charge in [0, 0.05) is 11.8 Å². The molecule has 25 heavy (non-hydrogen) atoms. The molecule has 1 aromatic carbocycles. The minimum atomic E-state index is -0.576. The fraction of sp³-hybridized carbons (Fsp3) is 0.118. The molecule has 1 amide bonds. The molecule has 128 valence electrons. The highest BCUT2D eigenvalue weighted by Crippen LogP contribution is 2.30. The van der Waals surface area contributed by atoms with Crippen molar-refractivity contribution in [3.05, 3.63) is 58.2 Å². The number of pyridine rings is 1. The molecule has 2 aromatic heterocycles. The van der Waals surface area contributed by atoms with Gasteiger partial charge in [-0.15, -0.1) is 11.3 Å². The van der Waals surface area contributed by atoms with Crippen LogP contribution in [0.15, 0.2) is 30.6 Å². The quantitative estimate of drug-likeness (QED) is 0.741. The third-order valence-corrected chi connectivity index (χ3v) is 4.76. The molecule has 0 saturated heterocycles. The van der Waals surface area contributed by atoms with Crippen molar-refractivity contribution < 1.29 is 13.6 Å². The highest BCUT2D eigenvalue weighted by molar-refractivity contribution is 7.17. The minimum Gasteiger partial charge on any atom is -0.382 e. The number of nitrogen functional groups attached to an aromatic ring is 1. The fourth-order valence-electron chi connectivity index (χ4n) is 2.20. The zero-order chi connectivity index (χ0) is 18.1. The van der Waals surface area contributed by atoms with E-state index in [4.69, 9.17) is 5.73 Å². The van der Waals surface area contributed by atoms with Crippen molar-refractivity contribution in [1.29, 1.82) is 0 Å². The van der Waals surface area contributed by atoms with Gasteiger partial charge in [-0.2, -0.15) is 0 Å². The lowest BCUT2D eigenvalue weighted by Crippen LogP contribution is -2.13. The predicted octanol–water partition coefficient (Wildman–Crippen LogP) is 3.93. The van der Waals surface area contributed by atoms with E-state index in [1.165, 1.54) is 18.3 Å². The SMILES string of the molecule is Cc1cc(F)c(NC(=O)c2sc(-c3cncc(F)c3)nc2N)cc1C. The predicted molar refractivity (Wildman–Crippen MR) is 93.5 cm³/mol. The zero-order valence-corrected chi connectivity index (χ0v) is 14.2. The second-order valence-corrected chi connectivity index (χ2v) is 6.49. The molecule has 0 fully saturated rings. The number of nitrogens with one attached hydrogen (secondary N) is 1. The maximum atomic E-state index is 14.0. The summed E-state index contributed by atoms with van der Waals surface area (Å²) in [6, 6.07) is 4.15. The Morgan fingerprint density at radius 2 is 1.88 bits per heavy atom. The highest BCUT2D eigenvalue weighted by Gasteiger charge is 2.19. The molecule has 0 spiro atoms. The van der Waals surface area contributed by atoms with Gasteiger partial charge in [0.25, 0.3) is 5.91 Å². The molecular formula is C17H14F2N4OS. The number of benzene rings is 1. The van der Waals surface area contributed by atoms with Crippen LogP contribution in [0.1, 0.15) is 20.8 Å². The van der Waals surface area contributed by atoms with Crippen LogP contribution in [0.25, 0.3) is 10.6 Å². The number of nitrogens with two attached hydrogens (primary N) is 1.